The van der Waals surface area contributed by atoms with Crippen molar-refractivity contribution in [2.24, 2.45) is 0 Å². The van der Waals surface area contributed by atoms with Gasteiger partial charge in [0.15, 0.2) is 11.6 Å². The Labute approximate surface area is 118 Å². The van der Waals surface area contributed by atoms with Gasteiger partial charge in [0.1, 0.15) is 6.04 Å². The molecule has 2 rings (SSSR count). The average Bonchev–Trinajstić information content (AvgIpc) is 2.70. The van der Waals surface area contributed by atoms with E-state index in [1.54, 1.807) is 0 Å². The van der Waals surface area contributed by atoms with Crippen molar-refractivity contribution < 1.29 is 27.9 Å². The second-order valence-corrected chi connectivity index (χ2v) is 4.47. The van der Waals surface area contributed by atoms with Crippen LogP contribution in [-0.2, 0) is 14.3 Å². The third-order valence-corrected chi connectivity index (χ3v) is 3.20. The van der Waals surface area contributed by atoms with E-state index in [1.165, 1.54) is 7.05 Å². The Hall–Kier alpha value is -2.51. The van der Waals surface area contributed by atoms with Crippen LogP contribution in [0.3, 0.4) is 0 Å². The zero-order chi connectivity index (χ0) is 15.7. The molecule has 21 heavy (non-hydrogen) atoms. The second kappa shape index (κ2) is 5.47. The van der Waals surface area contributed by atoms with Crippen molar-refractivity contribution in [3.63, 3.8) is 0 Å². The lowest BCUT2D eigenvalue weighted by atomic mass is 10.1. The Bertz CT molecular complexity index is 633. The molecule has 0 saturated carbocycles. The minimum absolute atomic E-state index is 0.144. The first-order chi connectivity index (χ1) is 9.86. The van der Waals surface area contributed by atoms with Crippen molar-refractivity contribution >= 4 is 23.5 Å². The number of benzene rings is 1. The van der Waals surface area contributed by atoms with Crippen molar-refractivity contribution in [1.29, 1.82) is 0 Å². The van der Waals surface area contributed by atoms with Crippen LogP contribution in [0.25, 0.3) is 0 Å². The lowest BCUT2D eigenvalue weighted by Gasteiger charge is -2.14. The predicted octanol–water partition coefficient (Wildman–Crippen LogP) is 0.921. The van der Waals surface area contributed by atoms with Crippen LogP contribution in [-0.4, -0.2) is 42.9 Å². The Morgan fingerprint density at radius 3 is 2.52 bits per heavy atom. The van der Waals surface area contributed by atoms with Crippen LogP contribution in [0, 0.1) is 11.6 Å². The minimum atomic E-state index is -1.38. The minimum Gasteiger partial charge on any atom is -0.465 e. The van der Waals surface area contributed by atoms with E-state index in [0.717, 1.165) is 24.1 Å². The van der Waals surface area contributed by atoms with E-state index >= 15 is 0 Å². The maximum atomic E-state index is 13.9. The molecule has 1 heterocycles. The van der Waals surface area contributed by atoms with E-state index in [1.807, 2.05) is 0 Å². The predicted molar refractivity (Wildman–Crippen MR) is 67.5 cm³/mol. The number of esters is 1. The molecule has 1 aliphatic rings. The summed E-state index contributed by atoms with van der Waals surface area (Å²) < 4.78 is 31.9. The number of nitrogens with one attached hydrogen (secondary N) is 1. The van der Waals surface area contributed by atoms with Crippen LogP contribution in [0.2, 0.25) is 0 Å². The van der Waals surface area contributed by atoms with Gasteiger partial charge in [-0.25, -0.2) is 13.6 Å². The van der Waals surface area contributed by atoms with Crippen molar-refractivity contribution in [3.8, 4) is 0 Å². The number of nitrogens with zero attached hydrogens (tertiary/aromatic N) is 1. The fourth-order valence-corrected chi connectivity index (χ4v) is 1.98. The number of carbonyl (C=O) groups is 3. The molecule has 1 aromatic carbocycles. The average molecular weight is 298 g/mol. The van der Waals surface area contributed by atoms with E-state index in [2.05, 4.69) is 10.1 Å². The molecule has 1 atom stereocenters. The van der Waals surface area contributed by atoms with Gasteiger partial charge in [0.25, 0.3) is 5.91 Å². The van der Waals surface area contributed by atoms with Gasteiger partial charge in [0, 0.05) is 7.05 Å². The van der Waals surface area contributed by atoms with Crippen molar-refractivity contribution in [1.82, 2.24) is 4.90 Å². The van der Waals surface area contributed by atoms with E-state index < -0.39 is 41.0 Å². The lowest BCUT2D eigenvalue weighted by molar-refractivity contribution is -0.136. The molecule has 0 radical (unpaired) electrons. The summed E-state index contributed by atoms with van der Waals surface area (Å²) in [7, 11) is 2.36. The van der Waals surface area contributed by atoms with Crippen molar-refractivity contribution in [2.45, 2.75) is 12.5 Å². The molecular weight excluding hydrogens is 286 g/mol. The molecule has 1 aromatic rings. The smallest absolute Gasteiger partial charge is 0.340 e. The summed E-state index contributed by atoms with van der Waals surface area (Å²) >= 11 is 0. The molecule has 0 spiro atoms. The Morgan fingerprint density at radius 2 is 2.00 bits per heavy atom. The highest BCUT2D eigenvalue weighted by atomic mass is 19.2. The molecular formula is C13H12F2N2O4. The molecule has 1 aliphatic heterocycles. The van der Waals surface area contributed by atoms with Gasteiger partial charge in [-0.2, -0.15) is 0 Å². The molecule has 8 heteroatoms. The number of amides is 2. The van der Waals surface area contributed by atoms with Gasteiger partial charge >= 0.3 is 5.97 Å². The van der Waals surface area contributed by atoms with Crippen LogP contribution < -0.4 is 5.32 Å². The third-order valence-electron chi connectivity index (χ3n) is 3.20. The monoisotopic (exact) mass is 298 g/mol. The number of hydrogen-bond donors (Lipinski definition) is 1. The number of likely N-dealkylation sites (N-methyl/N-ethyl adjacent to an activating group) is 1. The summed E-state index contributed by atoms with van der Waals surface area (Å²) in [5.41, 5.74) is -0.854. The standard InChI is InChI=1S/C13H12F2N2O4/c1-17-9(18)5-8(12(17)19)16-7-4-3-6(13(20)21-2)10(14)11(7)15/h3-4,8,16H,5H2,1-2H3. The van der Waals surface area contributed by atoms with Gasteiger partial charge in [0.2, 0.25) is 5.91 Å². The SMILES string of the molecule is COC(=O)c1ccc(NC2CC(=O)N(C)C2=O)c(F)c1F. The molecule has 2 amide bonds. The van der Waals surface area contributed by atoms with Crippen LogP contribution in [0.4, 0.5) is 14.5 Å². The van der Waals surface area contributed by atoms with Crippen molar-refractivity contribution in [2.75, 3.05) is 19.5 Å². The summed E-state index contributed by atoms with van der Waals surface area (Å²) in [5.74, 6) is -4.64. The number of anilines is 1. The Morgan fingerprint density at radius 1 is 1.33 bits per heavy atom. The second-order valence-electron chi connectivity index (χ2n) is 4.47. The first-order valence-electron chi connectivity index (χ1n) is 6.00. The zero-order valence-corrected chi connectivity index (χ0v) is 11.3. The highest BCUT2D eigenvalue weighted by Gasteiger charge is 2.36. The summed E-state index contributed by atoms with van der Waals surface area (Å²) in [6, 6.07) is 1.19. The molecule has 6 nitrogen and oxygen atoms in total. The molecule has 0 aromatic heterocycles. The normalized spacial score (nSPS) is 18.1. The van der Waals surface area contributed by atoms with Crippen LogP contribution in [0.15, 0.2) is 12.1 Å². The number of methoxy groups -OCH3 is 1. The fourth-order valence-electron chi connectivity index (χ4n) is 1.98. The quantitative estimate of drug-likeness (QED) is 0.663. The van der Waals surface area contributed by atoms with Gasteiger partial charge in [-0.1, -0.05) is 0 Å². The van der Waals surface area contributed by atoms with Crippen LogP contribution >= 0.6 is 0 Å². The van der Waals surface area contributed by atoms with Gasteiger partial charge in [-0.15, -0.1) is 0 Å². The van der Waals surface area contributed by atoms with Gasteiger partial charge in [0.05, 0.1) is 24.8 Å². The molecule has 1 unspecified atom stereocenters. The van der Waals surface area contributed by atoms with Gasteiger partial charge in [-0.3, -0.25) is 14.5 Å². The number of hydrogen-bond acceptors (Lipinski definition) is 5. The molecule has 112 valence electrons. The topological polar surface area (TPSA) is 75.7 Å². The molecule has 1 N–H and O–H groups in total. The number of halogens is 2. The summed E-state index contributed by atoms with van der Waals surface area (Å²) in [6.45, 7) is 0. The highest BCUT2D eigenvalue weighted by Crippen LogP contribution is 2.24. The summed E-state index contributed by atoms with van der Waals surface area (Å²) in [4.78, 5) is 35.2. The number of carbonyl (C=O) groups excluding carboxylic acids is 3. The van der Waals surface area contributed by atoms with Gasteiger partial charge in [-0.05, 0) is 12.1 Å². The first-order valence-corrected chi connectivity index (χ1v) is 6.00. The summed E-state index contributed by atoms with van der Waals surface area (Å²) in [6.07, 6.45) is -0.144. The van der Waals surface area contributed by atoms with E-state index in [0.29, 0.717) is 0 Å². The largest absolute Gasteiger partial charge is 0.465 e. The van der Waals surface area contributed by atoms with Crippen LogP contribution in [0.1, 0.15) is 16.8 Å². The molecule has 0 bridgehead atoms. The maximum Gasteiger partial charge on any atom is 0.340 e. The molecule has 0 aliphatic carbocycles. The number of ether oxygens (including phenoxy) is 1. The molecule has 1 fully saturated rings. The Kier molecular flexibility index (Phi) is 3.88. The van der Waals surface area contributed by atoms with E-state index in [4.69, 9.17) is 0 Å². The maximum absolute atomic E-state index is 13.9. The first kappa shape index (κ1) is 14.9. The number of rotatable bonds is 3. The van der Waals surface area contributed by atoms with Gasteiger partial charge < -0.3 is 10.1 Å². The highest BCUT2D eigenvalue weighted by molar-refractivity contribution is 6.06. The molecule has 1 saturated heterocycles. The Balaban J connectivity index is 2.27. The lowest BCUT2D eigenvalue weighted by Crippen LogP contribution is -2.32. The number of imide groups is 1. The number of likely N-dealkylation sites (tertiary alicyclic amines) is 1. The van der Waals surface area contributed by atoms with Crippen molar-refractivity contribution in [3.05, 3.63) is 29.3 Å². The van der Waals surface area contributed by atoms with E-state index in [9.17, 15) is 23.2 Å². The third kappa shape index (κ3) is 2.56. The van der Waals surface area contributed by atoms with Crippen LogP contribution in [0.5, 0.6) is 0 Å². The zero-order valence-electron chi connectivity index (χ0n) is 11.3. The fraction of sp³-hybridized carbons (Fsp3) is 0.308. The summed E-state index contributed by atoms with van der Waals surface area (Å²) in [5, 5.41) is 2.47. The van der Waals surface area contributed by atoms with E-state index in [-0.39, 0.29) is 12.1 Å².